The van der Waals surface area contributed by atoms with Crippen LogP contribution >= 0.6 is 11.6 Å². The first-order valence-corrected chi connectivity index (χ1v) is 6.08. The molecule has 1 unspecified atom stereocenters. The molecule has 0 saturated carbocycles. The van der Waals surface area contributed by atoms with Gasteiger partial charge in [0.2, 0.25) is 0 Å². The van der Waals surface area contributed by atoms with Gasteiger partial charge in [-0.3, -0.25) is 4.79 Å². The fourth-order valence-electron chi connectivity index (χ4n) is 1.57. The van der Waals surface area contributed by atoms with Crippen molar-refractivity contribution in [3.63, 3.8) is 0 Å². The normalized spacial score (nSPS) is 12.0. The lowest BCUT2D eigenvalue weighted by Crippen LogP contribution is -2.27. The Bertz CT molecular complexity index is 634. The predicted molar refractivity (Wildman–Crippen MR) is 69.3 cm³/mol. The molecule has 2 rings (SSSR count). The average molecular weight is 298 g/mol. The topological polar surface area (TPSA) is 54.9 Å². The third-order valence-electron chi connectivity index (χ3n) is 2.64. The van der Waals surface area contributed by atoms with Crippen LogP contribution in [0.1, 0.15) is 29.0 Å². The first-order chi connectivity index (χ1) is 9.47. The van der Waals surface area contributed by atoms with Crippen LogP contribution in [-0.4, -0.2) is 15.9 Å². The Hall–Kier alpha value is -2.08. The fraction of sp³-hybridized carbons (Fsp3) is 0.154. The molecule has 1 aromatic heterocycles. The molecular weight excluding hydrogens is 288 g/mol. The van der Waals surface area contributed by atoms with Gasteiger partial charge in [-0.1, -0.05) is 17.7 Å². The van der Waals surface area contributed by atoms with E-state index in [1.165, 1.54) is 18.5 Å². The number of hydrogen-bond donors (Lipinski definition) is 1. The number of carbonyl (C=O) groups excluding carboxylic acids is 1. The van der Waals surface area contributed by atoms with Gasteiger partial charge >= 0.3 is 0 Å². The SMILES string of the molecule is CC(NC(=O)c1cnc(Cl)cn1)c1ccc(F)c(F)c1. The molecule has 2 aromatic rings. The van der Waals surface area contributed by atoms with Gasteiger partial charge in [0.1, 0.15) is 10.8 Å². The number of aromatic nitrogens is 2. The molecule has 0 saturated heterocycles. The van der Waals surface area contributed by atoms with Crippen LogP contribution in [-0.2, 0) is 0 Å². The van der Waals surface area contributed by atoms with E-state index in [0.717, 1.165) is 12.1 Å². The molecule has 0 fully saturated rings. The van der Waals surface area contributed by atoms with E-state index in [9.17, 15) is 13.6 Å². The lowest BCUT2D eigenvalue weighted by atomic mass is 10.1. The van der Waals surface area contributed by atoms with E-state index in [0.29, 0.717) is 5.56 Å². The Morgan fingerprint density at radius 2 is 2.00 bits per heavy atom. The van der Waals surface area contributed by atoms with E-state index in [1.807, 2.05) is 0 Å². The van der Waals surface area contributed by atoms with Crippen molar-refractivity contribution >= 4 is 17.5 Å². The predicted octanol–water partition coefficient (Wildman–Crippen LogP) is 2.90. The lowest BCUT2D eigenvalue weighted by Gasteiger charge is -2.14. The van der Waals surface area contributed by atoms with Gasteiger partial charge in [0.15, 0.2) is 11.6 Å². The molecule has 0 bridgehead atoms. The Labute approximate surface area is 118 Å². The molecule has 1 amide bonds. The molecule has 7 heteroatoms. The fourth-order valence-corrected chi connectivity index (χ4v) is 1.66. The first kappa shape index (κ1) is 14.3. The largest absolute Gasteiger partial charge is 0.344 e. The summed E-state index contributed by atoms with van der Waals surface area (Å²) in [6.07, 6.45) is 2.48. The van der Waals surface area contributed by atoms with Crippen LogP contribution in [0.25, 0.3) is 0 Å². The number of nitrogens with one attached hydrogen (secondary N) is 1. The Kier molecular flexibility index (Phi) is 4.24. The third-order valence-corrected chi connectivity index (χ3v) is 2.84. The highest BCUT2D eigenvalue weighted by Gasteiger charge is 2.14. The summed E-state index contributed by atoms with van der Waals surface area (Å²) in [5.74, 6) is -2.38. The highest BCUT2D eigenvalue weighted by molar-refractivity contribution is 6.29. The molecule has 1 atom stereocenters. The minimum atomic E-state index is -0.963. The van der Waals surface area contributed by atoms with Gasteiger partial charge in [0.05, 0.1) is 18.4 Å². The standard InChI is InChI=1S/C13H10ClF2N3O/c1-7(8-2-3-9(15)10(16)4-8)19-13(20)11-5-18-12(14)6-17-11/h2-7H,1H3,(H,19,20). The van der Waals surface area contributed by atoms with E-state index in [4.69, 9.17) is 11.6 Å². The van der Waals surface area contributed by atoms with Gasteiger partial charge in [-0.15, -0.1) is 0 Å². The van der Waals surface area contributed by atoms with Gasteiger partial charge < -0.3 is 5.32 Å². The first-order valence-electron chi connectivity index (χ1n) is 5.70. The second-order valence-corrected chi connectivity index (χ2v) is 4.48. The molecular formula is C13H10ClF2N3O. The number of amides is 1. The van der Waals surface area contributed by atoms with Crippen molar-refractivity contribution in [3.05, 3.63) is 58.6 Å². The zero-order chi connectivity index (χ0) is 14.7. The zero-order valence-electron chi connectivity index (χ0n) is 10.4. The maximum atomic E-state index is 13.1. The van der Waals surface area contributed by atoms with Crippen LogP contribution in [0.15, 0.2) is 30.6 Å². The summed E-state index contributed by atoms with van der Waals surface area (Å²) in [4.78, 5) is 19.4. The molecule has 0 aliphatic rings. The number of carbonyl (C=O) groups is 1. The van der Waals surface area contributed by atoms with Crippen molar-refractivity contribution < 1.29 is 13.6 Å². The third kappa shape index (κ3) is 3.27. The molecule has 0 spiro atoms. The molecule has 1 N–H and O–H groups in total. The Morgan fingerprint density at radius 1 is 1.25 bits per heavy atom. The second kappa shape index (κ2) is 5.92. The molecule has 0 aliphatic heterocycles. The van der Waals surface area contributed by atoms with Crippen molar-refractivity contribution in [2.45, 2.75) is 13.0 Å². The van der Waals surface area contributed by atoms with Crippen LogP contribution in [0.3, 0.4) is 0 Å². The van der Waals surface area contributed by atoms with Crippen LogP contribution < -0.4 is 5.32 Å². The second-order valence-electron chi connectivity index (χ2n) is 4.09. The average Bonchev–Trinajstić information content (AvgIpc) is 2.42. The maximum absolute atomic E-state index is 13.1. The molecule has 0 radical (unpaired) electrons. The maximum Gasteiger partial charge on any atom is 0.271 e. The summed E-state index contributed by atoms with van der Waals surface area (Å²) in [6.45, 7) is 1.65. The van der Waals surface area contributed by atoms with Crippen molar-refractivity contribution in [2.75, 3.05) is 0 Å². The summed E-state index contributed by atoms with van der Waals surface area (Å²) >= 11 is 5.57. The molecule has 1 aromatic carbocycles. The van der Waals surface area contributed by atoms with E-state index in [1.54, 1.807) is 6.92 Å². The van der Waals surface area contributed by atoms with Gasteiger partial charge in [0, 0.05) is 0 Å². The lowest BCUT2D eigenvalue weighted by molar-refractivity contribution is 0.0934. The highest BCUT2D eigenvalue weighted by atomic mass is 35.5. The van der Waals surface area contributed by atoms with Crippen LogP contribution in [0.4, 0.5) is 8.78 Å². The van der Waals surface area contributed by atoms with Gasteiger partial charge in [-0.25, -0.2) is 18.7 Å². The van der Waals surface area contributed by atoms with Crippen LogP contribution in [0, 0.1) is 11.6 Å². The van der Waals surface area contributed by atoms with Crippen molar-refractivity contribution in [3.8, 4) is 0 Å². The van der Waals surface area contributed by atoms with E-state index in [2.05, 4.69) is 15.3 Å². The summed E-state index contributed by atoms with van der Waals surface area (Å²) in [5, 5.41) is 2.78. The van der Waals surface area contributed by atoms with E-state index < -0.39 is 23.6 Å². The number of halogens is 3. The van der Waals surface area contributed by atoms with Crippen LogP contribution in [0.5, 0.6) is 0 Å². The zero-order valence-corrected chi connectivity index (χ0v) is 11.2. The van der Waals surface area contributed by atoms with Crippen molar-refractivity contribution in [1.82, 2.24) is 15.3 Å². The van der Waals surface area contributed by atoms with E-state index in [-0.39, 0.29) is 10.8 Å². The Morgan fingerprint density at radius 3 is 2.60 bits per heavy atom. The number of rotatable bonds is 3. The quantitative estimate of drug-likeness (QED) is 0.948. The molecule has 104 valence electrons. The number of benzene rings is 1. The van der Waals surface area contributed by atoms with Crippen LogP contribution in [0.2, 0.25) is 5.15 Å². The summed E-state index contributed by atoms with van der Waals surface area (Å²) < 4.78 is 26.0. The molecule has 1 heterocycles. The molecule has 0 aliphatic carbocycles. The smallest absolute Gasteiger partial charge is 0.271 e. The van der Waals surface area contributed by atoms with Crippen molar-refractivity contribution in [1.29, 1.82) is 0 Å². The van der Waals surface area contributed by atoms with Gasteiger partial charge in [0.25, 0.3) is 5.91 Å². The summed E-state index contributed by atoms with van der Waals surface area (Å²) in [7, 11) is 0. The minimum absolute atomic E-state index is 0.0869. The summed E-state index contributed by atoms with van der Waals surface area (Å²) in [5.41, 5.74) is 0.531. The minimum Gasteiger partial charge on any atom is -0.344 e. The van der Waals surface area contributed by atoms with E-state index >= 15 is 0 Å². The molecule has 4 nitrogen and oxygen atoms in total. The number of hydrogen-bond acceptors (Lipinski definition) is 3. The summed E-state index contributed by atoms with van der Waals surface area (Å²) in [6, 6.07) is 2.94. The van der Waals surface area contributed by atoms with Gasteiger partial charge in [-0.2, -0.15) is 0 Å². The molecule has 20 heavy (non-hydrogen) atoms. The number of nitrogens with zero attached hydrogens (tertiary/aromatic N) is 2. The van der Waals surface area contributed by atoms with Gasteiger partial charge in [-0.05, 0) is 24.6 Å². The Balaban J connectivity index is 2.10. The van der Waals surface area contributed by atoms with Crippen molar-refractivity contribution in [2.24, 2.45) is 0 Å². The highest BCUT2D eigenvalue weighted by Crippen LogP contribution is 2.16. The monoisotopic (exact) mass is 297 g/mol.